The van der Waals surface area contributed by atoms with Crippen LogP contribution in [-0.4, -0.2) is 25.7 Å². The Kier molecular flexibility index (Phi) is 12.8. The number of rotatable bonds is 12. The van der Waals surface area contributed by atoms with Gasteiger partial charge in [0.05, 0.1) is 13.5 Å². The highest BCUT2D eigenvalue weighted by Gasteiger charge is 2.35. The number of esters is 1. The van der Waals surface area contributed by atoms with Crippen molar-refractivity contribution in [3.63, 3.8) is 0 Å². The molecule has 0 unspecified atom stereocenters. The topological polar surface area (TPSA) is 71.1 Å². The molecule has 0 N–H and O–H groups in total. The summed E-state index contributed by atoms with van der Waals surface area (Å²) >= 11 is 0. The van der Waals surface area contributed by atoms with Crippen LogP contribution in [0.4, 0.5) is 0 Å². The SMILES string of the molecule is C.C.COc1ccc(C2(c3ccc(OC(=O)Cc4ccc(OCOc5ccc(CC(C)=O)cc5)cc4)cc3)CCCCC2)cc1. The number of ether oxygens (including phenoxy) is 4. The van der Waals surface area contributed by atoms with Crippen LogP contribution < -0.4 is 18.9 Å². The third-order valence-corrected chi connectivity index (χ3v) is 8.09. The fourth-order valence-corrected chi connectivity index (χ4v) is 5.85. The van der Waals surface area contributed by atoms with Crippen molar-refractivity contribution < 1.29 is 28.5 Å². The molecule has 0 amide bonds. The molecule has 0 spiro atoms. The number of hydrogen-bond acceptors (Lipinski definition) is 6. The maximum Gasteiger partial charge on any atom is 0.315 e. The summed E-state index contributed by atoms with van der Waals surface area (Å²) in [7, 11) is 1.69. The van der Waals surface area contributed by atoms with E-state index < -0.39 is 0 Å². The molecule has 0 radical (unpaired) electrons. The van der Waals surface area contributed by atoms with Crippen molar-refractivity contribution in [3.8, 4) is 23.0 Å². The van der Waals surface area contributed by atoms with Crippen molar-refractivity contribution in [1.29, 1.82) is 0 Å². The van der Waals surface area contributed by atoms with Gasteiger partial charge < -0.3 is 18.9 Å². The Bertz CT molecular complexity index is 1480. The van der Waals surface area contributed by atoms with E-state index in [4.69, 9.17) is 18.9 Å². The molecule has 4 aromatic rings. The number of carbonyl (C=O) groups is 2. The monoisotopic (exact) mass is 610 g/mol. The molecule has 6 nitrogen and oxygen atoms in total. The maximum absolute atomic E-state index is 12.7. The van der Waals surface area contributed by atoms with Crippen LogP contribution in [0, 0.1) is 0 Å². The van der Waals surface area contributed by atoms with Gasteiger partial charge in [0, 0.05) is 11.8 Å². The van der Waals surface area contributed by atoms with Crippen LogP contribution >= 0.6 is 0 Å². The first-order valence-electron chi connectivity index (χ1n) is 14.8. The van der Waals surface area contributed by atoms with Gasteiger partial charge in [0.2, 0.25) is 6.79 Å². The summed E-state index contributed by atoms with van der Waals surface area (Å²) in [5.74, 6) is 2.50. The highest BCUT2D eigenvalue weighted by atomic mass is 16.7. The van der Waals surface area contributed by atoms with E-state index in [1.54, 1.807) is 26.2 Å². The second-order valence-corrected chi connectivity index (χ2v) is 11.1. The first-order chi connectivity index (χ1) is 20.9. The van der Waals surface area contributed by atoms with E-state index in [1.165, 1.54) is 30.4 Å². The largest absolute Gasteiger partial charge is 0.497 e. The summed E-state index contributed by atoms with van der Waals surface area (Å²) in [6, 6.07) is 31.1. The lowest BCUT2D eigenvalue weighted by molar-refractivity contribution is -0.133. The van der Waals surface area contributed by atoms with Crippen LogP contribution in [0.3, 0.4) is 0 Å². The molecule has 0 saturated heterocycles. The number of ketones is 1. The molecule has 0 bridgehead atoms. The maximum atomic E-state index is 12.7. The quantitative estimate of drug-likeness (QED) is 0.0906. The van der Waals surface area contributed by atoms with Crippen molar-refractivity contribution >= 4 is 11.8 Å². The lowest BCUT2D eigenvalue weighted by Crippen LogP contribution is -2.30. The molecule has 0 heterocycles. The molecule has 238 valence electrons. The van der Waals surface area contributed by atoms with E-state index in [2.05, 4.69) is 24.3 Å². The molecular formula is C39H46O6. The predicted octanol–water partition coefficient (Wildman–Crippen LogP) is 8.91. The molecule has 45 heavy (non-hydrogen) atoms. The van der Waals surface area contributed by atoms with Crippen molar-refractivity contribution in [2.75, 3.05) is 13.9 Å². The van der Waals surface area contributed by atoms with Gasteiger partial charge in [-0.15, -0.1) is 0 Å². The Morgan fingerprint density at radius 3 is 1.51 bits per heavy atom. The van der Waals surface area contributed by atoms with Crippen LogP contribution in [0.25, 0.3) is 0 Å². The molecule has 1 aliphatic carbocycles. The summed E-state index contributed by atoms with van der Waals surface area (Å²) in [5.41, 5.74) is 4.29. The van der Waals surface area contributed by atoms with Crippen molar-refractivity contribution in [2.24, 2.45) is 0 Å². The highest BCUT2D eigenvalue weighted by molar-refractivity contribution is 5.78. The van der Waals surface area contributed by atoms with Crippen LogP contribution in [0.1, 0.15) is 76.1 Å². The number of carbonyl (C=O) groups excluding carboxylic acids is 2. The highest BCUT2D eigenvalue weighted by Crippen LogP contribution is 2.45. The summed E-state index contributed by atoms with van der Waals surface area (Å²) < 4.78 is 22.4. The van der Waals surface area contributed by atoms with Gasteiger partial charge in [-0.2, -0.15) is 0 Å². The molecular weight excluding hydrogens is 564 g/mol. The van der Waals surface area contributed by atoms with E-state index in [-0.39, 0.29) is 45.2 Å². The number of Topliss-reactive ketones (excluding diaryl/α,β-unsaturated/α-hetero) is 1. The van der Waals surface area contributed by atoms with Gasteiger partial charge in [-0.25, -0.2) is 0 Å². The molecule has 0 aromatic heterocycles. The van der Waals surface area contributed by atoms with E-state index in [0.29, 0.717) is 23.7 Å². The smallest absolute Gasteiger partial charge is 0.315 e. The van der Waals surface area contributed by atoms with Crippen LogP contribution in [-0.2, 0) is 27.8 Å². The van der Waals surface area contributed by atoms with Gasteiger partial charge in [-0.3, -0.25) is 9.59 Å². The lowest BCUT2D eigenvalue weighted by Gasteiger charge is -2.38. The summed E-state index contributed by atoms with van der Waals surface area (Å²) in [6.07, 6.45) is 6.40. The molecule has 6 heteroatoms. The molecule has 1 fully saturated rings. The van der Waals surface area contributed by atoms with Crippen molar-refractivity contribution in [2.45, 2.75) is 72.1 Å². The third-order valence-electron chi connectivity index (χ3n) is 8.09. The van der Waals surface area contributed by atoms with Gasteiger partial charge in [-0.05, 0) is 90.6 Å². The Hall–Kier alpha value is -4.58. The first kappa shape index (κ1) is 34.9. The van der Waals surface area contributed by atoms with Crippen LogP contribution in [0.15, 0.2) is 97.1 Å². The number of hydrogen-bond donors (Lipinski definition) is 0. The Morgan fingerprint density at radius 1 is 0.600 bits per heavy atom. The number of methoxy groups -OCH3 is 1. The van der Waals surface area contributed by atoms with E-state index in [1.807, 2.05) is 60.7 Å². The van der Waals surface area contributed by atoms with Gasteiger partial charge in [0.25, 0.3) is 0 Å². The minimum absolute atomic E-state index is 0. The van der Waals surface area contributed by atoms with Crippen molar-refractivity contribution in [3.05, 3.63) is 119 Å². The molecule has 1 aliphatic rings. The van der Waals surface area contributed by atoms with E-state index >= 15 is 0 Å². The standard InChI is InChI=1S/C37H38O6.2CH4/c1-27(38)24-28-6-14-33(15-7-28)41-26-42-34-16-8-29(9-17-34)25-36(39)43-35-20-12-31(13-21-35)37(22-4-3-5-23-37)30-10-18-32(40-2)19-11-30;;/h6-21H,3-5,22-26H2,1-2H3;2*1H4. The first-order valence-corrected chi connectivity index (χ1v) is 14.8. The fourth-order valence-electron chi connectivity index (χ4n) is 5.85. The second kappa shape index (κ2) is 16.5. The summed E-state index contributed by atoms with van der Waals surface area (Å²) in [6.45, 7) is 1.62. The van der Waals surface area contributed by atoms with E-state index in [9.17, 15) is 9.59 Å². The van der Waals surface area contributed by atoms with Gasteiger partial charge in [0.1, 0.15) is 28.8 Å². The molecule has 4 aromatic carbocycles. The van der Waals surface area contributed by atoms with Crippen molar-refractivity contribution in [1.82, 2.24) is 0 Å². The fraction of sp³-hybridized carbons (Fsp3) is 0.333. The molecule has 0 aliphatic heterocycles. The zero-order chi connectivity index (χ0) is 30.1. The Balaban J connectivity index is 0.00000276. The summed E-state index contributed by atoms with van der Waals surface area (Å²) in [4.78, 5) is 23.9. The average Bonchev–Trinajstić information content (AvgIpc) is 3.03. The molecule has 5 rings (SSSR count). The predicted molar refractivity (Wildman–Crippen MR) is 179 cm³/mol. The minimum atomic E-state index is -0.319. The van der Waals surface area contributed by atoms with E-state index in [0.717, 1.165) is 29.7 Å². The zero-order valence-corrected chi connectivity index (χ0v) is 24.8. The average molecular weight is 611 g/mol. The summed E-state index contributed by atoms with van der Waals surface area (Å²) in [5, 5.41) is 0. The Labute approximate surface area is 268 Å². The van der Waals surface area contributed by atoms with Gasteiger partial charge in [-0.1, -0.05) is 82.6 Å². The normalized spacial score (nSPS) is 13.4. The van der Waals surface area contributed by atoms with Gasteiger partial charge >= 0.3 is 5.97 Å². The molecule has 1 saturated carbocycles. The third kappa shape index (κ3) is 9.21. The van der Waals surface area contributed by atoms with Gasteiger partial charge in [0.15, 0.2) is 0 Å². The lowest BCUT2D eigenvalue weighted by atomic mass is 9.65. The van der Waals surface area contributed by atoms with Crippen LogP contribution in [0.2, 0.25) is 0 Å². The van der Waals surface area contributed by atoms with Crippen LogP contribution in [0.5, 0.6) is 23.0 Å². The molecule has 0 atom stereocenters. The minimum Gasteiger partial charge on any atom is -0.497 e. The zero-order valence-electron chi connectivity index (χ0n) is 24.8. The second-order valence-electron chi connectivity index (χ2n) is 11.1. The Morgan fingerprint density at radius 2 is 1.04 bits per heavy atom. The number of benzene rings is 4.